The topological polar surface area (TPSA) is 85.7 Å². The van der Waals surface area contributed by atoms with E-state index in [-0.39, 0.29) is 17.3 Å². The summed E-state index contributed by atoms with van der Waals surface area (Å²) in [4.78, 5) is 31.9. The molecule has 2 aliphatic rings. The Balaban J connectivity index is 1.37. The van der Waals surface area contributed by atoms with Crippen molar-refractivity contribution >= 4 is 23.4 Å². The quantitative estimate of drug-likeness (QED) is 0.455. The maximum absolute atomic E-state index is 12.8. The summed E-state index contributed by atoms with van der Waals surface area (Å²) in [6, 6.07) is 7.30. The molecule has 2 heterocycles. The van der Waals surface area contributed by atoms with E-state index in [2.05, 4.69) is 15.2 Å². The number of thioether (sulfide) groups is 1. The SMILES string of the molecule is CCOc1ccc(NC(=O)CSc2nc(=O)n(CCN3CCOCC3)c3c2CCC3)cc1. The van der Waals surface area contributed by atoms with Crippen molar-refractivity contribution in [1.29, 1.82) is 0 Å². The van der Waals surface area contributed by atoms with Crippen molar-refractivity contribution in [3.8, 4) is 5.75 Å². The highest BCUT2D eigenvalue weighted by atomic mass is 32.2. The molecule has 1 aromatic heterocycles. The second-order valence-electron chi connectivity index (χ2n) is 7.88. The normalized spacial score (nSPS) is 16.0. The number of aromatic nitrogens is 2. The molecule has 1 aliphatic carbocycles. The third-order valence-electron chi connectivity index (χ3n) is 5.73. The van der Waals surface area contributed by atoms with E-state index >= 15 is 0 Å². The largest absolute Gasteiger partial charge is 0.494 e. The van der Waals surface area contributed by atoms with Gasteiger partial charge in [0.1, 0.15) is 10.8 Å². The van der Waals surface area contributed by atoms with Crippen LogP contribution in [0, 0.1) is 0 Å². The van der Waals surface area contributed by atoms with E-state index in [1.54, 1.807) is 0 Å². The highest BCUT2D eigenvalue weighted by molar-refractivity contribution is 8.00. The molecule has 0 bridgehead atoms. The summed E-state index contributed by atoms with van der Waals surface area (Å²) in [6.07, 6.45) is 2.81. The van der Waals surface area contributed by atoms with E-state index in [0.29, 0.717) is 18.2 Å². The Morgan fingerprint density at radius 3 is 2.72 bits per heavy atom. The van der Waals surface area contributed by atoms with Gasteiger partial charge >= 0.3 is 5.69 Å². The van der Waals surface area contributed by atoms with Crippen LogP contribution in [0.3, 0.4) is 0 Å². The summed E-state index contributed by atoms with van der Waals surface area (Å²) < 4.78 is 12.7. The van der Waals surface area contributed by atoms with Crippen LogP contribution in [0.4, 0.5) is 5.69 Å². The van der Waals surface area contributed by atoms with Gasteiger partial charge in [0, 0.05) is 43.1 Å². The van der Waals surface area contributed by atoms with Gasteiger partial charge in [-0.15, -0.1) is 0 Å². The Labute approximate surface area is 192 Å². The summed E-state index contributed by atoms with van der Waals surface area (Å²) in [5.74, 6) is 0.863. The van der Waals surface area contributed by atoms with Crippen LogP contribution in [0.2, 0.25) is 0 Å². The number of anilines is 1. The summed E-state index contributed by atoms with van der Waals surface area (Å²) in [5.41, 5.74) is 2.72. The third-order valence-corrected chi connectivity index (χ3v) is 6.75. The van der Waals surface area contributed by atoms with E-state index in [1.165, 1.54) is 11.8 Å². The maximum atomic E-state index is 12.8. The molecule has 32 heavy (non-hydrogen) atoms. The van der Waals surface area contributed by atoms with E-state index < -0.39 is 0 Å². The number of nitrogens with one attached hydrogen (secondary N) is 1. The monoisotopic (exact) mass is 458 g/mol. The van der Waals surface area contributed by atoms with Crippen LogP contribution in [-0.4, -0.2) is 65.6 Å². The zero-order valence-electron chi connectivity index (χ0n) is 18.5. The first-order valence-corrected chi connectivity index (χ1v) is 12.2. The van der Waals surface area contributed by atoms with Crippen LogP contribution in [0.1, 0.15) is 24.6 Å². The van der Waals surface area contributed by atoms with Gasteiger partial charge in [-0.25, -0.2) is 4.79 Å². The van der Waals surface area contributed by atoms with Gasteiger partial charge in [0.15, 0.2) is 0 Å². The first-order chi connectivity index (χ1) is 15.6. The smallest absolute Gasteiger partial charge is 0.348 e. The van der Waals surface area contributed by atoms with Gasteiger partial charge in [-0.3, -0.25) is 14.3 Å². The average molecular weight is 459 g/mol. The molecule has 1 saturated heterocycles. The Morgan fingerprint density at radius 2 is 1.97 bits per heavy atom. The van der Waals surface area contributed by atoms with Crippen LogP contribution in [0.5, 0.6) is 5.75 Å². The minimum atomic E-state index is -0.215. The minimum Gasteiger partial charge on any atom is -0.494 e. The highest BCUT2D eigenvalue weighted by Gasteiger charge is 2.23. The van der Waals surface area contributed by atoms with Crippen molar-refractivity contribution in [2.24, 2.45) is 0 Å². The van der Waals surface area contributed by atoms with Crippen LogP contribution >= 0.6 is 11.8 Å². The van der Waals surface area contributed by atoms with E-state index in [4.69, 9.17) is 9.47 Å². The van der Waals surface area contributed by atoms with E-state index in [9.17, 15) is 9.59 Å². The summed E-state index contributed by atoms with van der Waals surface area (Å²) in [7, 11) is 0. The molecular formula is C23H30N4O4S. The number of carbonyl (C=O) groups excluding carboxylic acids is 1. The van der Waals surface area contributed by atoms with E-state index in [0.717, 1.165) is 74.8 Å². The Morgan fingerprint density at radius 1 is 1.19 bits per heavy atom. The van der Waals surface area contributed by atoms with Gasteiger partial charge in [-0.2, -0.15) is 4.98 Å². The lowest BCUT2D eigenvalue weighted by Crippen LogP contribution is -2.40. The molecule has 2 aromatic rings. The fraction of sp³-hybridized carbons (Fsp3) is 0.522. The fourth-order valence-electron chi connectivity index (χ4n) is 4.13. The molecule has 1 fully saturated rings. The molecule has 0 spiro atoms. The second kappa shape index (κ2) is 11.0. The third kappa shape index (κ3) is 5.70. The molecule has 9 heteroatoms. The number of nitrogens with zero attached hydrogens (tertiary/aromatic N) is 3. The van der Waals surface area contributed by atoms with Crippen LogP contribution in [0.25, 0.3) is 0 Å². The first-order valence-electron chi connectivity index (χ1n) is 11.2. The van der Waals surface area contributed by atoms with Gasteiger partial charge < -0.3 is 14.8 Å². The molecule has 1 N–H and O–H groups in total. The molecule has 0 atom stereocenters. The number of ether oxygens (including phenoxy) is 2. The molecule has 1 aliphatic heterocycles. The lowest BCUT2D eigenvalue weighted by Gasteiger charge is -2.27. The summed E-state index contributed by atoms with van der Waals surface area (Å²) in [6.45, 7) is 7.32. The molecule has 1 aromatic carbocycles. The summed E-state index contributed by atoms with van der Waals surface area (Å²) in [5, 5.41) is 3.59. The number of hydrogen-bond donors (Lipinski definition) is 1. The molecule has 0 saturated carbocycles. The van der Waals surface area contributed by atoms with Crippen molar-refractivity contribution in [3.63, 3.8) is 0 Å². The van der Waals surface area contributed by atoms with Crippen molar-refractivity contribution in [2.75, 3.05) is 50.5 Å². The number of rotatable bonds is 9. The van der Waals surface area contributed by atoms with Crippen molar-refractivity contribution in [1.82, 2.24) is 14.5 Å². The number of morpholine rings is 1. The van der Waals surface area contributed by atoms with Crippen LogP contribution < -0.4 is 15.7 Å². The molecule has 4 rings (SSSR count). The maximum Gasteiger partial charge on any atom is 0.348 e. The second-order valence-corrected chi connectivity index (χ2v) is 8.84. The standard InChI is InChI=1S/C23H30N4O4S/c1-2-31-18-8-6-17(7-9-18)24-21(28)16-32-22-19-4-3-5-20(19)27(23(29)25-22)11-10-26-12-14-30-15-13-26/h6-9H,2-5,10-16H2,1H3,(H,24,28). The molecule has 0 radical (unpaired) electrons. The fourth-order valence-corrected chi connectivity index (χ4v) is 5.01. The van der Waals surface area contributed by atoms with Crippen molar-refractivity contribution < 1.29 is 14.3 Å². The average Bonchev–Trinajstić information content (AvgIpc) is 3.29. The van der Waals surface area contributed by atoms with Crippen molar-refractivity contribution in [2.45, 2.75) is 37.8 Å². The van der Waals surface area contributed by atoms with E-state index in [1.807, 2.05) is 35.8 Å². The molecule has 172 valence electrons. The number of carbonyl (C=O) groups is 1. The Kier molecular flexibility index (Phi) is 7.83. The molecule has 0 unspecified atom stereocenters. The Bertz CT molecular complexity index is 987. The predicted octanol–water partition coefficient (Wildman–Crippen LogP) is 2.19. The van der Waals surface area contributed by atoms with Crippen LogP contribution in [0.15, 0.2) is 34.1 Å². The number of benzene rings is 1. The molecule has 1 amide bonds. The van der Waals surface area contributed by atoms with Gasteiger partial charge in [0.2, 0.25) is 5.91 Å². The van der Waals surface area contributed by atoms with Crippen molar-refractivity contribution in [3.05, 3.63) is 46.0 Å². The molecular weight excluding hydrogens is 428 g/mol. The number of fused-ring (bicyclic) bond motifs is 1. The number of amides is 1. The zero-order valence-corrected chi connectivity index (χ0v) is 19.3. The van der Waals surface area contributed by atoms with Gasteiger partial charge in [0.25, 0.3) is 0 Å². The van der Waals surface area contributed by atoms with Crippen LogP contribution in [-0.2, 0) is 28.9 Å². The predicted molar refractivity (Wildman–Crippen MR) is 125 cm³/mol. The van der Waals surface area contributed by atoms with Gasteiger partial charge in [-0.1, -0.05) is 11.8 Å². The lowest BCUT2D eigenvalue weighted by molar-refractivity contribution is -0.113. The lowest BCUT2D eigenvalue weighted by atomic mass is 10.2. The zero-order chi connectivity index (χ0) is 22.3. The molecule has 8 nitrogen and oxygen atoms in total. The van der Waals surface area contributed by atoms with Gasteiger partial charge in [-0.05, 0) is 50.5 Å². The first kappa shape index (κ1) is 22.8. The minimum absolute atomic E-state index is 0.121. The van der Waals surface area contributed by atoms with Gasteiger partial charge in [0.05, 0.1) is 25.6 Å². The highest BCUT2D eigenvalue weighted by Crippen LogP contribution is 2.29. The Hall–Kier alpha value is -2.36. The number of hydrogen-bond acceptors (Lipinski definition) is 7. The summed E-state index contributed by atoms with van der Waals surface area (Å²) >= 11 is 1.35.